The number of para-hydroxylation sites is 5. The van der Waals surface area contributed by atoms with Gasteiger partial charge in [-0.3, -0.25) is 14.8 Å². The fourth-order valence-electron chi connectivity index (χ4n) is 2.82. The first-order chi connectivity index (χ1) is 20.6. The lowest BCUT2D eigenvalue weighted by molar-refractivity contribution is 0.103. The standard InChI is InChI=1S/C13H10O2.C7H6N2.C6H7NO.5C2H6/c14-12-9-5-4-8-11(12)13(15)10-6-2-1-3-7-10;1-2-4-7-6(3-1)8-5-9-7;7-5-3-1-2-4-6(5)8;5*1-2/h1-9,14H;1-4H,5H2;1-4,8H,7H2;5*1-2H3. The number of phenolic OH excluding ortho intramolecular Hbond substituents is 2. The lowest BCUT2D eigenvalue weighted by Crippen LogP contribution is -2.19. The van der Waals surface area contributed by atoms with Gasteiger partial charge in [0.25, 0.3) is 0 Å². The zero-order valence-electron chi connectivity index (χ0n) is 27.3. The van der Waals surface area contributed by atoms with E-state index in [9.17, 15) is 9.90 Å². The highest BCUT2D eigenvalue weighted by molar-refractivity contribution is 6.10. The number of aromatic hydroxyl groups is 2. The van der Waals surface area contributed by atoms with Crippen molar-refractivity contribution in [2.24, 2.45) is 9.98 Å². The molecule has 4 N–H and O–H groups in total. The van der Waals surface area contributed by atoms with E-state index >= 15 is 0 Å². The third kappa shape index (κ3) is 16.6. The van der Waals surface area contributed by atoms with Gasteiger partial charge in [-0.05, 0) is 36.4 Å². The lowest BCUT2D eigenvalue weighted by atomic mass is 10.0. The summed E-state index contributed by atoms with van der Waals surface area (Å²) < 4.78 is 0. The predicted molar refractivity (Wildman–Crippen MR) is 181 cm³/mol. The van der Waals surface area contributed by atoms with Crippen LogP contribution in [-0.4, -0.2) is 22.7 Å². The summed E-state index contributed by atoms with van der Waals surface area (Å²) in [5.41, 5.74) is 6.61. The van der Waals surface area contributed by atoms with E-state index in [1.54, 1.807) is 66.7 Å². The van der Waals surface area contributed by atoms with Crippen molar-refractivity contribution < 1.29 is 15.0 Å². The Labute approximate surface area is 254 Å². The van der Waals surface area contributed by atoms with E-state index in [4.69, 9.17) is 10.8 Å². The van der Waals surface area contributed by atoms with E-state index in [-0.39, 0.29) is 17.3 Å². The highest BCUT2D eigenvalue weighted by atomic mass is 16.3. The molecule has 1 aliphatic rings. The number of ketones is 1. The maximum Gasteiger partial charge on any atom is 0.196 e. The van der Waals surface area contributed by atoms with Crippen molar-refractivity contribution in [3.05, 3.63) is 125 Å². The first-order valence-corrected chi connectivity index (χ1v) is 14.9. The Bertz CT molecular complexity index is 1250. The van der Waals surface area contributed by atoms with Gasteiger partial charge in [0.05, 0.1) is 22.0 Å². The summed E-state index contributed by atoms with van der Waals surface area (Å²) in [5, 5.41) is 20.4. The maximum atomic E-state index is 11.9. The molecule has 0 aliphatic carbocycles. The first-order valence-electron chi connectivity index (χ1n) is 14.9. The quantitative estimate of drug-likeness (QED) is 0.126. The number of anilines is 1. The van der Waals surface area contributed by atoms with Crippen LogP contribution in [0, 0.1) is 0 Å². The van der Waals surface area contributed by atoms with Crippen molar-refractivity contribution in [3.8, 4) is 11.5 Å². The topological polar surface area (TPSA) is 108 Å². The van der Waals surface area contributed by atoms with Crippen LogP contribution in [-0.2, 0) is 0 Å². The third-order valence-corrected chi connectivity index (χ3v) is 4.49. The van der Waals surface area contributed by atoms with Gasteiger partial charge in [-0.2, -0.15) is 0 Å². The molecule has 0 aromatic heterocycles. The summed E-state index contributed by atoms with van der Waals surface area (Å²) in [5.74, 6) is 0.00699. The molecule has 0 fully saturated rings. The van der Waals surface area contributed by atoms with Crippen LogP contribution in [0.4, 0.5) is 5.69 Å². The lowest BCUT2D eigenvalue weighted by Gasteiger charge is -2.02. The molecule has 0 atom stereocenters. The van der Waals surface area contributed by atoms with E-state index in [2.05, 4.69) is 9.98 Å². The molecule has 1 heterocycles. The molecular formula is C36H53N3O3. The Balaban J connectivity index is -0.000000490. The van der Waals surface area contributed by atoms with Gasteiger partial charge in [-0.1, -0.05) is 136 Å². The maximum absolute atomic E-state index is 11.9. The van der Waals surface area contributed by atoms with Crippen molar-refractivity contribution in [2.75, 3.05) is 12.4 Å². The second-order valence-corrected chi connectivity index (χ2v) is 6.72. The SMILES string of the molecule is CC.CC.CC.CC.CC.Nc1ccccc1O.O=C(c1ccccc1)c1ccccc1O.c1ccc2c(c1)=NCN=2. The number of rotatable bonds is 2. The summed E-state index contributed by atoms with van der Waals surface area (Å²) in [4.78, 5) is 20.2. The van der Waals surface area contributed by atoms with Gasteiger partial charge in [-0.15, -0.1) is 0 Å². The van der Waals surface area contributed by atoms with Crippen LogP contribution in [0.1, 0.15) is 85.2 Å². The first kappa shape index (κ1) is 42.0. The minimum absolute atomic E-state index is 0.0198. The van der Waals surface area contributed by atoms with Crippen molar-refractivity contribution in [2.45, 2.75) is 69.2 Å². The van der Waals surface area contributed by atoms with Crippen molar-refractivity contribution in [1.29, 1.82) is 0 Å². The monoisotopic (exact) mass is 575 g/mol. The average molecular weight is 576 g/mol. The Hall–Kier alpha value is -4.45. The molecular weight excluding hydrogens is 522 g/mol. The Morgan fingerprint density at radius 3 is 1.33 bits per heavy atom. The Kier molecular flexibility index (Phi) is 29.5. The minimum Gasteiger partial charge on any atom is -0.507 e. The second-order valence-electron chi connectivity index (χ2n) is 6.72. The molecule has 42 heavy (non-hydrogen) atoms. The molecule has 230 valence electrons. The Morgan fingerprint density at radius 1 is 0.548 bits per heavy atom. The zero-order valence-corrected chi connectivity index (χ0v) is 27.3. The second kappa shape index (κ2) is 29.5. The molecule has 0 amide bonds. The van der Waals surface area contributed by atoms with Gasteiger partial charge < -0.3 is 15.9 Å². The molecule has 1 aliphatic heterocycles. The number of benzene rings is 4. The third-order valence-electron chi connectivity index (χ3n) is 4.49. The number of nitrogen functional groups attached to an aromatic ring is 1. The van der Waals surface area contributed by atoms with E-state index < -0.39 is 0 Å². The summed E-state index contributed by atoms with van der Waals surface area (Å²) in [6.07, 6.45) is 0. The van der Waals surface area contributed by atoms with Crippen molar-refractivity contribution >= 4 is 11.5 Å². The molecule has 0 bridgehead atoms. The number of carbonyl (C=O) groups excluding carboxylic acids is 1. The average Bonchev–Trinajstić information content (AvgIpc) is 3.57. The summed E-state index contributed by atoms with van der Waals surface area (Å²) in [6.45, 7) is 20.6. The van der Waals surface area contributed by atoms with Crippen molar-refractivity contribution in [3.63, 3.8) is 0 Å². The fourth-order valence-corrected chi connectivity index (χ4v) is 2.82. The molecule has 0 unspecified atom stereocenters. The van der Waals surface area contributed by atoms with Gasteiger partial charge in [0.2, 0.25) is 0 Å². The molecule has 6 nitrogen and oxygen atoms in total. The molecule has 6 heteroatoms. The van der Waals surface area contributed by atoms with Crippen molar-refractivity contribution in [1.82, 2.24) is 0 Å². The predicted octanol–water partition coefficient (Wildman–Crippen LogP) is 8.63. The number of nitrogens with zero attached hydrogens (tertiary/aromatic N) is 2. The normalized spacial score (nSPS) is 8.90. The number of phenols is 2. The zero-order chi connectivity index (χ0) is 32.8. The number of hydrogen-bond donors (Lipinski definition) is 3. The van der Waals surface area contributed by atoms with Gasteiger partial charge in [0.15, 0.2) is 5.78 Å². The number of carbonyl (C=O) groups is 1. The summed E-state index contributed by atoms with van der Waals surface area (Å²) in [6, 6.07) is 30.1. The van der Waals surface area contributed by atoms with Gasteiger partial charge in [-0.25, -0.2) is 0 Å². The molecule has 0 saturated heterocycles. The van der Waals surface area contributed by atoms with Gasteiger partial charge in [0, 0.05) is 5.56 Å². The largest absolute Gasteiger partial charge is 0.507 e. The molecule has 4 aromatic rings. The fraction of sp³-hybridized carbons (Fsp3) is 0.306. The summed E-state index contributed by atoms with van der Waals surface area (Å²) >= 11 is 0. The molecule has 0 saturated carbocycles. The summed E-state index contributed by atoms with van der Waals surface area (Å²) in [7, 11) is 0. The van der Waals surface area contributed by atoms with Crippen LogP contribution in [0.5, 0.6) is 11.5 Å². The van der Waals surface area contributed by atoms with Gasteiger partial charge >= 0.3 is 0 Å². The highest BCUT2D eigenvalue weighted by Crippen LogP contribution is 2.19. The number of hydrogen-bond acceptors (Lipinski definition) is 6. The van der Waals surface area contributed by atoms with Crippen LogP contribution in [0.15, 0.2) is 113 Å². The highest BCUT2D eigenvalue weighted by Gasteiger charge is 2.11. The van der Waals surface area contributed by atoms with Crippen LogP contribution < -0.4 is 16.4 Å². The molecule has 0 radical (unpaired) electrons. The molecule has 4 aromatic carbocycles. The smallest absolute Gasteiger partial charge is 0.196 e. The van der Waals surface area contributed by atoms with Crippen LogP contribution in [0.25, 0.3) is 0 Å². The van der Waals surface area contributed by atoms with Crippen LogP contribution in [0.2, 0.25) is 0 Å². The number of fused-ring (bicyclic) bond motifs is 1. The van der Waals surface area contributed by atoms with Crippen LogP contribution in [0.3, 0.4) is 0 Å². The Morgan fingerprint density at radius 2 is 0.929 bits per heavy atom. The van der Waals surface area contributed by atoms with E-state index in [0.29, 0.717) is 23.5 Å². The van der Waals surface area contributed by atoms with Crippen LogP contribution >= 0.6 is 0 Å². The number of nitrogens with two attached hydrogens (primary N) is 1. The minimum atomic E-state index is -0.159. The molecule has 5 rings (SSSR count). The van der Waals surface area contributed by atoms with E-state index in [0.717, 1.165) is 10.7 Å². The molecule has 0 spiro atoms. The van der Waals surface area contributed by atoms with Gasteiger partial charge in [0.1, 0.15) is 18.2 Å². The van der Waals surface area contributed by atoms with E-state index in [1.807, 2.05) is 99.6 Å². The van der Waals surface area contributed by atoms with E-state index in [1.165, 1.54) is 6.07 Å².